The molecule has 2 aliphatic rings. The molecule has 0 bridgehead atoms. The molecule has 4 heteroatoms. The normalized spacial score (nSPS) is 23.0. The number of ether oxygens (including phenoxy) is 1. The smallest absolute Gasteiger partial charge is 0.144 e. The molecule has 1 unspecified atom stereocenters. The predicted octanol–water partition coefficient (Wildman–Crippen LogP) is 2.26. The van der Waals surface area contributed by atoms with E-state index in [1.165, 1.54) is 5.69 Å². The Morgan fingerprint density at radius 3 is 2.70 bits per heavy atom. The van der Waals surface area contributed by atoms with Crippen molar-refractivity contribution < 1.29 is 4.74 Å². The second-order valence-electron chi connectivity index (χ2n) is 6.95. The van der Waals surface area contributed by atoms with Gasteiger partial charge in [-0.2, -0.15) is 0 Å². The monoisotopic (exact) mass is 275 g/mol. The minimum absolute atomic E-state index is 0.226. The van der Waals surface area contributed by atoms with Crippen molar-refractivity contribution in [2.24, 2.45) is 0 Å². The Morgan fingerprint density at radius 1 is 1.25 bits per heavy atom. The van der Waals surface area contributed by atoms with Crippen molar-refractivity contribution in [2.45, 2.75) is 39.3 Å². The molecule has 3 rings (SSSR count). The van der Waals surface area contributed by atoms with Crippen LogP contribution in [0.25, 0.3) is 0 Å². The zero-order valence-corrected chi connectivity index (χ0v) is 12.9. The topological polar surface area (TPSA) is 41.7 Å². The molecule has 2 N–H and O–H groups in total. The summed E-state index contributed by atoms with van der Waals surface area (Å²) in [4.78, 5) is 5.04. The average Bonchev–Trinajstić information content (AvgIpc) is 2.38. The van der Waals surface area contributed by atoms with E-state index in [2.05, 4.69) is 43.6 Å². The minimum atomic E-state index is 0.226. The van der Waals surface area contributed by atoms with Gasteiger partial charge in [-0.3, -0.25) is 4.90 Å². The van der Waals surface area contributed by atoms with Crippen molar-refractivity contribution in [3.05, 3.63) is 17.7 Å². The van der Waals surface area contributed by atoms with Gasteiger partial charge in [0.15, 0.2) is 0 Å². The van der Waals surface area contributed by atoms with Crippen LogP contribution >= 0.6 is 0 Å². The van der Waals surface area contributed by atoms with Gasteiger partial charge in [0.25, 0.3) is 0 Å². The molecule has 110 valence electrons. The molecule has 1 aromatic rings. The molecule has 0 radical (unpaired) electrons. The highest BCUT2D eigenvalue weighted by atomic mass is 16.5. The number of hydrogen-bond acceptors (Lipinski definition) is 4. The first-order valence-electron chi connectivity index (χ1n) is 7.41. The summed E-state index contributed by atoms with van der Waals surface area (Å²) in [5.41, 5.74) is 9.37. The highest BCUT2D eigenvalue weighted by molar-refractivity contribution is 5.69. The maximum Gasteiger partial charge on any atom is 0.144 e. The summed E-state index contributed by atoms with van der Waals surface area (Å²) in [6, 6.07) is 4.58. The first-order chi connectivity index (χ1) is 9.36. The molecule has 1 fully saturated rings. The van der Waals surface area contributed by atoms with Crippen LogP contribution in [0, 0.1) is 6.92 Å². The Morgan fingerprint density at radius 2 is 2.00 bits per heavy atom. The highest BCUT2D eigenvalue weighted by Crippen LogP contribution is 2.38. The van der Waals surface area contributed by atoms with E-state index in [4.69, 9.17) is 10.5 Å². The quantitative estimate of drug-likeness (QED) is 0.738. The predicted molar refractivity (Wildman–Crippen MR) is 83.5 cm³/mol. The van der Waals surface area contributed by atoms with E-state index in [-0.39, 0.29) is 5.54 Å². The van der Waals surface area contributed by atoms with E-state index >= 15 is 0 Å². The Balaban J connectivity index is 1.87. The zero-order chi connectivity index (χ0) is 14.5. The Bertz CT molecular complexity index is 521. The summed E-state index contributed by atoms with van der Waals surface area (Å²) in [6.45, 7) is 12.9. The molecule has 0 spiro atoms. The van der Waals surface area contributed by atoms with Crippen LogP contribution in [0.1, 0.15) is 26.3 Å². The highest BCUT2D eigenvalue weighted by Gasteiger charge is 2.36. The Hall–Kier alpha value is -1.42. The minimum Gasteiger partial charge on any atom is -0.489 e. The number of piperazine rings is 1. The van der Waals surface area contributed by atoms with E-state index < -0.39 is 0 Å². The molecule has 0 aromatic heterocycles. The van der Waals surface area contributed by atoms with Gasteiger partial charge in [0, 0.05) is 36.9 Å². The fourth-order valence-electron chi connectivity index (χ4n) is 3.14. The summed E-state index contributed by atoms with van der Waals surface area (Å²) in [5.74, 6) is 0.938. The van der Waals surface area contributed by atoms with Gasteiger partial charge in [-0.25, -0.2) is 0 Å². The van der Waals surface area contributed by atoms with Crippen LogP contribution in [-0.4, -0.2) is 42.7 Å². The largest absolute Gasteiger partial charge is 0.489 e. The molecule has 20 heavy (non-hydrogen) atoms. The number of benzene rings is 1. The molecule has 2 heterocycles. The number of aryl methyl sites for hydroxylation is 1. The molecule has 0 aliphatic carbocycles. The summed E-state index contributed by atoms with van der Waals surface area (Å²) >= 11 is 0. The number of fused-ring (bicyclic) bond motifs is 3. The van der Waals surface area contributed by atoms with E-state index in [1.54, 1.807) is 0 Å². The summed E-state index contributed by atoms with van der Waals surface area (Å²) < 4.78 is 5.94. The molecule has 4 nitrogen and oxygen atoms in total. The van der Waals surface area contributed by atoms with Crippen molar-refractivity contribution >= 4 is 11.4 Å². The Kier molecular flexibility index (Phi) is 3.09. The van der Waals surface area contributed by atoms with Crippen LogP contribution in [-0.2, 0) is 0 Å². The second kappa shape index (κ2) is 4.55. The number of nitrogen functional groups attached to an aromatic ring is 1. The first-order valence-corrected chi connectivity index (χ1v) is 7.41. The third-order valence-electron chi connectivity index (χ3n) is 4.52. The maximum absolute atomic E-state index is 5.98. The number of rotatable bonds is 0. The molecule has 1 atom stereocenters. The van der Waals surface area contributed by atoms with Crippen LogP contribution in [0.4, 0.5) is 11.4 Å². The van der Waals surface area contributed by atoms with Gasteiger partial charge >= 0.3 is 0 Å². The average molecular weight is 275 g/mol. The fourth-order valence-corrected chi connectivity index (χ4v) is 3.14. The van der Waals surface area contributed by atoms with Crippen LogP contribution in [0.15, 0.2) is 12.1 Å². The Labute approximate surface area is 121 Å². The van der Waals surface area contributed by atoms with Crippen molar-refractivity contribution in [1.29, 1.82) is 0 Å². The third kappa shape index (κ3) is 2.22. The van der Waals surface area contributed by atoms with Gasteiger partial charge in [0.1, 0.15) is 12.4 Å². The van der Waals surface area contributed by atoms with Gasteiger partial charge in [0.2, 0.25) is 0 Å². The van der Waals surface area contributed by atoms with E-state index in [9.17, 15) is 0 Å². The SMILES string of the molecule is Cc1cc2c(cc1N)OCC1CN(C(C)(C)C)CCN21. The second-order valence-corrected chi connectivity index (χ2v) is 6.95. The molecule has 0 amide bonds. The van der Waals surface area contributed by atoms with Crippen molar-refractivity contribution in [2.75, 3.05) is 36.9 Å². The lowest BCUT2D eigenvalue weighted by Gasteiger charge is -2.49. The molecule has 0 saturated carbocycles. The summed E-state index contributed by atoms with van der Waals surface area (Å²) in [5, 5.41) is 0. The van der Waals surface area contributed by atoms with E-state index in [0.29, 0.717) is 6.04 Å². The molecular formula is C16H25N3O. The van der Waals surface area contributed by atoms with Crippen molar-refractivity contribution in [1.82, 2.24) is 4.90 Å². The van der Waals surface area contributed by atoms with Gasteiger partial charge in [-0.15, -0.1) is 0 Å². The fraction of sp³-hybridized carbons (Fsp3) is 0.625. The van der Waals surface area contributed by atoms with Crippen LogP contribution < -0.4 is 15.4 Å². The molecular weight excluding hydrogens is 250 g/mol. The molecule has 1 aromatic carbocycles. The van der Waals surface area contributed by atoms with E-state index in [1.807, 2.05) is 6.07 Å². The van der Waals surface area contributed by atoms with Crippen LogP contribution in [0.2, 0.25) is 0 Å². The number of nitrogens with zero attached hydrogens (tertiary/aromatic N) is 2. The lowest BCUT2D eigenvalue weighted by molar-refractivity contribution is 0.0890. The zero-order valence-electron chi connectivity index (χ0n) is 12.9. The molecule has 1 saturated heterocycles. The van der Waals surface area contributed by atoms with Crippen molar-refractivity contribution in [3.63, 3.8) is 0 Å². The summed E-state index contributed by atoms with van der Waals surface area (Å²) in [6.07, 6.45) is 0. The lowest BCUT2D eigenvalue weighted by Crippen LogP contribution is -2.61. The summed E-state index contributed by atoms with van der Waals surface area (Å²) in [7, 11) is 0. The molecule has 2 aliphatic heterocycles. The van der Waals surface area contributed by atoms with Crippen LogP contribution in [0.3, 0.4) is 0 Å². The number of hydrogen-bond donors (Lipinski definition) is 1. The lowest BCUT2D eigenvalue weighted by atomic mass is 10.00. The number of anilines is 2. The standard InChI is InChI=1S/C16H25N3O/c1-11-7-14-15(8-13(11)17)20-10-12-9-18(16(2,3)4)5-6-19(12)14/h7-8,12H,5-6,9-10,17H2,1-4H3. The van der Waals surface area contributed by atoms with Gasteiger partial charge in [-0.1, -0.05) is 0 Å². The number of nitrogens with two attached hydrogens (primary N) is 1. The van der Waals surface area contributed by atoms with Crippen LogP contribution in [0.5, 0.6) is 5.75 Å². The van der Waals surface area contributed by atoms with E-state index in [0.717, 1.165) is 43.2 Å². The first kappa shape index (κ1) is 13.6. The van der Waals surface area contributed by atoms with Gasteiger partial charge in [0.05, 0.1) is 11.7 Å². The maximum atomic E-state index is 5.98. The van der Waals surface area contributed by atoms with Gasteiger partial charge < -0.3 is 15.4 Å². The van der Waals surface area contributed by atoms with Crippen molar-refractivity contribution in [3.8, 4) is 5.75 Å². The van der Waals surface area contributed by atoms with Gasteiger partial charge in [-0.05, 0) is 39.3 Å². The third-order valence-corrected chi connectivity index (χ3v) is 4.52.